The van der Waals surface area contributed by atoms with Gasteiger partial charge >= 0.3 is 6.01 Å². The van der Waals surface area contributed by atoms with Crippen LogP contribution in [0.25, 0.3) is 0 Å². The summed E-state index contributed by atoms with van der Waals surface area (Å²) in [5.74, 6) is 0.743. The van der Waals surface area contributed by atoms with E-state index in [0.717, 1.165) is 0 Å². The van der Waals surface area contributed by atoms with Gasteiger partial charge in [0.25, 0.3) is 0 Å². The van der Waals surface area contributed by atoms with E-state index in [0.29, 0.717) is 31.6 Å². The molecule has 0 aromatic carbocycles. The highest BCUT2D eigenvalue weighted by Gasteiger charge is 2.13. The third-order valence-electron chi connectivity index (χ3n) is 2.31. The molecule has 0 atom stereocenters. The Morgan fingerprint density at radius 2 is 1.95 bits per heavy atom. The van der Waals surface area contributed by atoms with Crippen LogP contribution in [-0.2, 0) is 4.79 Å². The summed E-state index contributed by atoms with van der Waals surface area (Å²) in [6, 6.07) is 0.246. The molecule has 1 aromatic heterocycles. The number of carbonyl (C=O) groups excluding carboxylic acids is 1. The zero-order chi connectivity index (χ0) is 15.0. The van der Waals surface area contributed by atoms with Crippen LogP contribution in [0.5, 0.6) is 6.01 Å². The second-order valence-electron chi connectivity index (χ2n) is 4.01. The van der Waals surface area contributed by atoms with E-state index in [9.17, 15) is 4.79 Å². The van der Waals surface area contributed by atoms with Gasteiger partial charge in [0, 0.05) is 20.1 Å². The van der Waals surface area contributed by atoms with Gasteiger partial charge in [0.05, 0.1) is 13.2 Å². The molecule has 0 aliphatic rings. The molecule has 112 valence electrons. The van der Waals surface area contributed by atoms with Gasteiger partial charge in [-0.2, -0.15) is 15.0 Å². The van der Waals surface area contributed by atoms with E-state index < -0.39 is 0 Å². The molecule has 0 aliphatic heterocycles. The summed E-state index contributed by atoms with van der Waals surface area (Å²) >= 11 is 0. The van der Waals surface area contributed by atoms with Crippen LogP contribution >= 0.6 is 0 Å². The summed E-state index contributed by atoms with van der Waals surface area (Å²) in [4.78, 5) is 25.8. The van der Waals surface area contributed by atoms with Crippen LogP contribution in [-0.4, -0.2) is 54.1 Å². The molecule has 0 saturated heterocycles. The predicted molar refractivity (Wildman–Crippen MR) is 77.1 cm³/mol. The van der Waals surface area contributed by atoms with Gasteiger partial charge in [0.15, 0.2) is 0 Å². The van der Waals surface area contributed by atoms with Gasteiger partial charge < -0.3 is 20.3 Å². The highest BCUT2D eigenvalue weighted by molar-refractivity contribution is 5.80. The van der Waals surface area contributed by atoms with Gasteiger partial charge in [-0.05, 0) is 20.8 Å². The SMILES string of the molecule is CCNC(=O)CN(C)c1nc(NCC)nc(OCC)n1. The lowest BCUT2D eigenvalue weighted by molar-refractivity contribution is -0.119. The second-order valence-corrected chi connectivity index (χ2v) is 4.01. The van der Waals surface area contributed by atoms with Gasteiger partial charge in [0.1, 0.15) is 0 Å². The van der Waals surface area contributed by atoms with Crippen molar-refractivity contribution in [1.29, 1.82) is 0 Å². The van der Waals surface area contributed by atoms with E-state index in [1.54, 1.807) is 11.9 Å². The lowest BCUT2D eigenvalue weighted by Crippen LogP contribution is -2.35. The average Bonchev–Trinajstić information content (AvgIpc) is 2.39. The highest BCUT2D eigenvalue weighted by atomic mass is 16.5. The summed E-state index contributed by atoms with van der Waals surface area (Å²) in [6.45, 7) is 7.60. The molecular formula is C12H22N6O2. The second kappa shape index (κ2) is 8.13. The molecule has 8 nitrogen and oxygen atoms in total. The summed E-state index contributed by atoms with van der Waals surface area (Å²) in [5.41, 5.74) is 0. The predicted octanol–water partition coefficient (Wildman–Crippen LogP) is 0.274. The van der Waals surface area contributed by atoms with Gasteiger partial charge in [-0.25, -0.2) is 0 Å². The Morgan fingerprint density at radius 3 is 2.55 bits per heavy atom. The number of nitrogens with one attached hydrogen (secondary N) is 2. The molecule has 0 unspecified atom stereocenters. The van der Waals surface area contributed by atoms with Crippen molar-refractivity contribution in [3.63, 3.8) is 0 Å². The number of amides is 1. The van der Waals surface area contributed by atoms with Crippen molar-refractivity contribution in [2.75, 3.05) is 43.5 Å². The Kier molecular flexibility index (Phi) is 6.48. The number of hydrogen-bond acceptors (Lipinski definition) is 7. The van der Waals surface area contributed by atoms with Crippen molar-refractivity contribution in [3.05, 3.63) is 0 Å². The fourth-order valence-corrected chi connectivity index (χ4v) is 1.49. The number of anilines is 2. The topological polar surface area (TPSA) is 92.3 Å². The van der Waals surface area contributed by atoms with Crippen molar-refractivity contribution < 1.29 is 9.53 Å². The minimum atomic E-state index is -0.0848. The van der Waals surface area contributed by atoms with Crippen molar-refractivity contribution in [1.82, 2.24) is 20.3 Å². The van der Waals surface area contributed by atoms with E-state index in [-0.39, 0.29) is 18.5 Å². The van der Waals surface area contributed by atoms with Crippen molar-refractivity contribution in [2.45, 2.75) is 20.8 Å². The molecule has 0 bridgehead atoms. The Labute approximate surface area is 119 Å². The molecule has 1 amide bonds. The highest BCUT2D eigenvalue weighted by Crippen LogP contribution is 2.13. The van der Waals surface area contributed by atoms with E-state index in [2.05, 4.69) is 25.6 Å². The summed E-state index contributed by atoms with van der Waals surface area (Å²) in [7, 11) is 1.75. The third kappa shape index (κ3) is 4.87. The zero-order valence-corrected chi connectivity index (χ0v) is 12.4. The third-order valence-corrected chi connectivity index (χ3v) is 2.31. The van der Waals surface area contributed by atoms with Crippen LogP contribution in [0.1, 0.15) is 20.8 Å². The van der Waals surface area contributed by atoms with Crippen LogP contribution in [0.2, 0.25) is 0 Å². The first kappa shape index (κ1) is 15.9. The Morgan fingerprint density at radius 1 is 1.20 bits per heavy atom. The summed E-state index contributed by atoms with van der Waals surface area (Å²) < 4.78 is 5.31. The molecule has 20 heavy (non-hydrogen) atoms. The Balaban J connectivity index is 2.87. The molecule has 1 heterocycles. The molecule has 8 heteroatoms. The van der Waals surface area contributed by atoms with E-state index in [1.165, 1.54) is 0 Å². The Bertz CT molecular complexity index is 416. The lowest BCUT2D eigenvalue weighted by atomic mass is 10.5. The van der Waals surface area contributed by atoms with Crippen molar-refractivity contribution >= 4 is 17.8 Å². The molecule has 1 aromatic rings. The first-order chi connectivity index (χ1) is 9.60. The maximum atomic E-state index is 11.6. The minimum Gasteiger partial charge on any atom is -0.464 e. The lowest BCUT2D eigenvalue weighted by Gasteiger charge is -2.17. The zero-order valence-electron chi connectivity index (χ0n) is 12.4. The standard InChI is InChI=1S/C12H22N6O2/c1-5-13-9(19)8-18(4)11-15-10(14-6-2)16-12(17-11)20-7-3/h5-8H2,1-4H3,(H,13,19)(H,14,15,16,17). The number of carbonyl (C=O) groups is 1. The molecule has 2 N–H and O–H groups in total. The molecule has 0 fully saturated rings. The minimum absolute atomic E-state index is 0.0848. The fraction of sp³-hybridized carbons (Fsp3) is 0.667. The first-order valence-electron chi connectivity index (χ1n) is 6.71. The number of nitrogens with zero attached hydrogens (tertiary/aromatic N) is 4. The number of aromatic nitrogens is 3. The maximum absolute atomic E-state index is 11.6. The fourth-order valence-electron chi connectivity index (χ4n) is 1.49. The molecule has 1 rings (SSSR count). The molecule has 0 spiro atoms. The van der Waals surface area contributed by atoms with E-state index in [1.807, 2.05) is 20.8 Å². The van der Waals surface area contributed by atoms with E-state index >= 15 is 0 Å². The normalized spacial score (nSPS) is 10.0. The largest absolute Gasteiger partial charge is 0.464 e. The van der Waals surface area contributed by atoms with Gasteiger partial charge in [-0.3, -0.25) is 4.79 Å². The smallest absolute Gasteiger partial charge is 0.323 e. The average molecular weight is 282 g/mol. The van der Waals surface area contributed by atoms with Crippen molar-refractivity contribution in [3.8, 4) is 6.01 Å². The first-order valence-corrected chi connectivity index (χ1v) is 6.71. The quantitative estimate of drug-likeness (QED) is 0.707. The Hall–Kier alpha value is -2.12. The van der Waals surface area contributed by atoms with E-state index in [4.69, 9.17) is 4.74 Å². The molecular weight excluding hydrogens is 260 g/mol. The monoisotopic (exact) mass is 282 g/mol. The van der Waals surface area contributed by atoms with Gasteiger partial charge in [0.2, 0.25) is 17.8 Å². The summed E-state index contributed by atoms with van der Waals surface area (Å²) in [5, 5.41) is 5.74. The van der Waals surface area contributed by atoms with Crippen LogP contribution in [0, 0.1) is 0 Å². The molecule has 0 saturated carbocycles. The van der Waals surface area contributed by atoms with Crippen LogP contribution in [0.4, 0.5) is 11.9 Å². The maximum Gasteiger partial charge on any atom is 0.323 e. The number of ether oxygens (including phenoxy) is 1. The van der Waals surface area contributed by atoms with Gasteiger partial charge in [-0.1, -0.05) is 0 Å². The van der Waals surface area contributed by atoms with Crippen molar-refractivity contribution in [2.24, 2.45) is 0 Å². The summed E-state index contributed by atoms with van der Waals surface area (Å²) in [6.07, 6.45) is 0. The number of rotatable bonds is 8. The number of likely N-dealkylation sites (N-methyl/N-ethyl adjacent to an activating group) is 2. The van der Waals surface area contributed by atoms with Crippen LogP contribution in [0.15, 0.2) is 0 Å². The van der Waals surface area contributed by atoms with Crippen LogP contribution in [0.3, 0.4) is 0 Å². The molecule has 0 aliphatic carbocycles. The van der Waals surface area contributed by atoms with Gasteiger partial charge in [-0.15, -0.1) is 0 Å². The molecule has 0 radical (unpaired) electrons. The number of hydrogen-bond donors (Lipinski definition) is 2. The van der Waals surface area contributed by atoms with Crippen LogP contribution < -0.4 is 20.3 Å².